The quantitative estimate of drug-likeness (QED) is 0.508. The van der Waals surface area contributed by atoms with Crippen LogP contribution in [-0.2, 0) is 11.2 Å². The van der Waals surface area contributed by atoms with Gasteiger partial charge in [0.25, 0.3) is 0 Å². The largest absolute Gasteiger partial charge is 0.355 e. The van der Waals surface area contributed by atoms with Crippen molar-refractivity contribution in [1.29, 1.82) is 0 Å². The Hall–Kier alpha value is -3.28. The molecule has 0 unspecified atom stereocenters. The van der Waals surface area contributed by atoms with Crippen molar-refractivity contribution in [3.05, 3.63) is 70.2 Å². The molecule has 0 saturated carbocycles. The number of pyridine rings is 1. The number of hydrogen-bond donors (Lipinski definition) is 1. The molecule has 3 aromatic heterocycles. The zero-order valence-corrected chi connectivity index (χ0v) is 18.9. The van der Waals surface area contributed by atoms with Gasteiger partial charge in [0.2, 0.25) is 5.91 Å². The van der Waals surface area contributed by atoms with Crippen molar-refractivity contribution in [2.24, 2.45) is 0 Å². The van der Waals surface area contributed by atoms with Crippen LogP contribution in [-0.4, -0.2) is 32.0 Å². The van der Waals surface area contributed by atoms with E-state index in [-0.39, 0.29) is 11.8 Å². The van der Waals surface area contributed by atoms with Gasteiger partial charge in [0, 0.05) is 30.0 Å². The normalized spacial score (nSPS) is 12.4. The Morgan fingerprint density at radius 2 is 1.84 bits per heavy atom. The molecule has 1 atom stereocenters. The van der Waals surface area contributed by atoms with Crippen molar-refractivity contribution in [3.63, 3.8) is 0 Å². The van der Waals surface area contributed by atoms with E-state index in [1.54, 1.807) is 0 Å². The molecule has 0 aliphatic heterocycles. The number of hydrogen-bond acceptors (Lipinski definition) is 4. The maximum absolute atomic E-state index is 12.5. The number of aromatic nitrogens is 4. The van der Waals surface area contributed by atoms with Gasteiger partial charge < -0.3 is 5.32 Å². The molecule has 0 radical (unpaired) electrons. The summed E-state index contributed by atoms with van der Waals surface area (Å²) < 4.78 is 1.88. The van der Waals surface area contributed by atoms with Crippen molar-refractivity contribution in [2.75, 3.05) is 6.54 Å². The number of nitrogens with one attached hydrogen (secondary N) is 1. The minimum atomic E-state index is 0.0560. The molecule has 0 aliphatic rings. The molecule has 1 N–H and O–H groups in total. The van der Waals surface area contributed by atoms with Gasteiger partial charge in [-0.2, -0.15) is 0 Å². The highest BCUT2D eigenvalue weighted by Gasteiger charge is 2.17. The van der Waals surface area contributed by atoms with Crippen LogP contribution >= 0.6 is 0 Å². The van der Waals surface area contributed by atoms with Crippen LogP contribution in [0.15, 0.2) is 36.4 Å². The summed E-state index contributed by atoms with van der Waals surface area (Å²) in [5, 5.41) is 8.77. The Balaban J connectivity index is 1.50. The van der Waals surface area contributed by atoms with Gasteiger partial charge in [-0.05, 0) is 62.8 Å². The van der Waals surface area contributed by atoms with Gasteiger partial charge in [0.1, 0.15) is 0 Å². The molecule has 160 valence electrons. The first-order valence-corrected chi connectivity index (χ1v) is 10.8. The van der Waals surface area contributed by atoms with Gasteiger partial charge in [-0.25, -0.2) is 14.5 Å². The molecule has 4 aromatic rings. The highest BCUT2D eigenvalue weighted by molar-refractivity contribution is 5.93. The smallest absolute Gasteiger partial charge is 0.220 e. The Morgan fingerprint density at radius 1 is 1.10 bits per heavy atom. The fraction of sp³-hybridized carbons (Fsp3) is 0.360. The van der Waals surface area contributed by atoms with Crippen LogP contribution in [0.1, 0.15) is 53.0 Å². The molecule has 1 aromatic carbocycles. The van der Waals surface area contributed by atoms with Crippen LogP contribution in [0.3, 0.4) is 0 Å². The molecule has 1 amide bonds. The lowest BCUT2D eigenvalue weighted by molar-refractivity contribution is -0.121. The molecule has 0 fully saturated rings. The lowest BCUT2D eigenvalue weighted by Crippen LogP contribution is -2.27. The molecule has 0 spiro atoms. The zero-order chi connectivity index (χ0) is 22.1. The van der Waals surface area contributed by atoms with Crippen LogP contribution in [0.2, 0.25) is 0 Å². The van der Waals surface area contributed by atoms with E-state index >= 15 is 0 Å². The molecule has 0 saturated heterocycles. The lowest BCUT2D eigenvalue weighted by Gasteiger charge is -2.14. The molecule has 6 nitrogen and oxygen atoms in total. The number of carbonyl (C=O) groups is 1. The third-order valence-corrected chi connectivity index (χ3v) is 5.99. The van der Waals surface area contributed by atoms with E-state index in [1.165, 1.54) is 5.56 Å². The molecule has 31 heavy (non-hydrogen) atoms. The van der Waals surface area contributed by atoms with Crippen molar-refractivity contribution in [2.45, 2.75) is 53.4 Å². The van der Waals surface area contributed by atoms with Crippen molar-refractivity contribution in [3.8, 4) is 0 Å². The number of amides is 1. The average Bonchev–Trinajstić information content (AvgIpc) is 3.11. The van der Waals surface area contributed by atoms with E-state index in [9.17, 15) is 4.79 Å². The number of rotatable bonds is 6. The highest BCUT2D eigenvalue weighted by atomic mass is 16.1. The summed E-state index contributed by atoms with van der Waals surface area (Å²) in [5.74, 6) is 0.336. The molecular weight excluding hydrogens is 386 g/mol. The second-order valence-electron chi connectivity index (χ2n) is 8.39. The van der Waals surface area contributed by atoms with E-state index in [2.05, 4.69) is 42.3 Å². The number of carbonyl (C=O) groups excluding carboxylic acids is 1. The third kappa shape index (κ3) is 4.15. The summed E-state index contributed by atoms with van der Waals surface area (Å²) >= 11 is 0. The average molecular weight is 416 g/mol. The second-order valence-corrected chi connectivity index (χ2v) is 8.39. The zero-order valence-electron chi connectivity index (χ0n) is 18.9. The summed E-state index contributed by atoms with van der Waals surface area (Å²) in [7, 11) is 0. The molecule has 0 bridgehead atoms. The van der Waals surface area contributed by atoms with E-state index in [0.717, 1.165) is 44.9 Å². The summed E-state index contributed by atoms with van der Waals surface area (Å²) in [6.07, 6.45) is 1.06. The number of aryl methyl sites for hydroxylation is 4. The van der Waals surface area contributed by atoms with Crippen LogP contribution in [0, 0.1) is 27.7 Å². The van der Waals surface area contributed by atoms with Gasteiger partial charge >= 0.3 is 0 Å². The Labute approximate surface area is 182 Å². The number of nitrogens with zero attached hydrogens (tertiary/aromatic N) is 4. The summed E-state index contributed by atoms with van der Waals surface area (Å²) in [4.78, 5) is 21.9. The van der Waals surface area contributed by atoms with Crippen LogP contribution in [0.25, 0.3) is 16.7 Å². The first-order chi connectivity index (χ1) is 14.8. The summed E-state index contributed by atoms with van der Waals surface area (Å²) in [6, 6.07) is 12.3. The Bertz CT molecular complexity index is 1260. The van der Waals surface area contributed by atoms with Crippen molar-refractivity contribution >= 4 is 22.6 Å². The minimum Gasteiger partial charge on any atom is -0.355 e. The third-order valence-electron chi connectivity index (χ3n) is 5.99. The molecular formula is C25H29N5O. The molecule has 3 heterocycles. The molecule has 6 heteroatoms. The monoisotopic (exact) mass is 415 g/mol. The van der Waals surface area contributed by atoms with Crippen LogP contribution < -0.4 is 5.32 Å². The number of fused-ring (bicyclic) bond motifs is 3. The Morgan fingerprint density at radius 3 is 2.58 bits per heavy atom. The van der Waals surface area contributed by atoms with Gasteiger partial charge in [-0.15, -0.1) is 5.10 Å². The second kappa shape index (κ2) is 8.46. The van der Waals surface area contributed by atoms with E-state index in [0.29, 0.717) is 19.4 Å². The van der Waals surface area contributed by atoms with E-state index in [1.807, 2.05) is 43.5 Å². The van der Waals surface area contributed by atoms with Gasteiger partial charge in [0.15, 0.2) is 11.3 Å². The standard InChI is InChI=1S/C25H29N5O/c1-15-13-17(3)27-24-23(15)25-28-18(4)21(19(5)30(25)29-24)11-12-22(31)26-14-16(2)20-9-7-6-8-10-20/h6-10,13,16H,11-12,14H2,1-5H3,(H,26,31)/t16-/m1/s1. The van der Waals surface area contributed by atoms with Gasteiger partial charge in [-0.3, -0.25) is 4.79 Å². The predicted molar refractivity (Wildman–Crippen MR) is 123 cm³/mol. The fourth-order valence-corrected chi connectivity index (χ4v) is 4.22. The molecule has 4 rings (SSSR count). The van der Waals surface area contributed by atoms with E-state index in [4.69, 9.17) is 10.1 Å². The lowest BCUT2D eigenvalue weighted by atomic mass is 10.0. The van der Waals surface area contributed by atoms with E-state index < -0.39 is 0 Å². The topological polar surface area (TPSA) is 72.2 Å². The number of benzene rings is 1. The van der Waals surface area contributed by atoms with Crippen LogP contribution in [0.4, 0.5) is 0 Å². The van der Waals surface area contributed by atoms with Crippen LogP contribution in [0.5, 0.6) is 0 Å². The summed E-state index contributed by atoms with van der Waals surface area (Å²) in [6.45, 7) is 10.9. The first-order valence-electron chi connectivity index (χ1n) is 10.8. The predicted octanol–water partition coefficient (Wildman–Crippen LogP) is 4.36. The maximum Gasteiger partial charge on any atom is 0.220 e. The van der Waals surface area contributed by atoms with Gasteiger partial charge in [-0.1, -0.05) is 37.3 Å². The minimum absolute atomic E-state index is 0.0560. The SMILES string of the molecule is Cc1cc(C)c2c(n1)nn1c(C)c(CCC(=O)NC[C@@H](C)c3ccccc3)c(C)nc21. The fourth-order valence-electron chi connectivity index (χ4n) is 4.22. The summed E-state index contributed by atoms with van der Waals surface area (Å²) in [5.41, 5.74) is 7.89. The highest BCUT2D eigenvalue weighted by Crippen LogP contribution is 2.25. The maximum atomic E-state index is 12.5. The van der Waals surface area contributed by atoms with Gasteiger partial charge in [0.05, 0.1) is 5.39 Å². The first kappa shape index (κ1) is 21.0. The van der Waals surface area contributed by atoms with Crippen molar-refractivity contribution in [1.82, 2.24) is 24.9 Å². The molecule has 0 aliphatic carbocycles. The van der Waals surface area contributed by atoms with Crippen molar-refractivity contribution < 1.29 is 4.79 Å². The Kier molecular flexibility index (Phi) is 5.72.